The van der Waals surface area contributed by atoms with Gasteiger partial charge >= 0.3 is 0 Å². The molecule has 1 amide bonds. The average molecular weight is 369 g/mol. The summed E-state index contributed by atoms with van der Waals surface area (Å²) in [5.41, 5.74) is 4.21. The third kappa shape index (κ3) is 3.53. The lowest BCUT2D eigenvalue weighted by molar-refractivity contribution is 0.0953. The molecule has 0 spiro atoms. The predicted molar refractivity (Wildman–Crippen MR) is 104 cm³/mol. The number of nitrogens with one attached hydrogen (secondary N) is 1. The van der Waals surface area contributed by atoms with Crippen LogP contribution >= 0.6 is 11.3 Å². The molecule has 0 fully saturated rings. The van der Waals surface area contributed by atoms with Crippen LogP contribution in [0.5, 0.6) is 0 Å². The Morgan fingerprint density at radius 2 is 2.12 bits per heavy atom. The topological polar surface area (TPSA) is 72.7 Å². The van der Waals surface area contributed by atoms with Gasteiger partial charge in [0, 0.05) is 36.1 Å². The third-order valence-electron chi connectivity index (χ3n) is 4.14. The van der Waals surface area contributed by atoms with Crippen LogP contribution in [0.2, 0.25) is 0 Å². The van der Waals surface area contributed by atoms with Gasteiger partial charge < -0.3 is 9.88 Å². The fourth-order valence-corrected chi connectivity index (χ4v) is 3.74. The van der Waals surface area contributed by atoms with E-state index in [-0.39, 0.29) is 11.9 Å². The van der Waals surface area contributed by atoms with Crippen molar-refractivity contribution in [3.8, 4) is 22.1 Å². The molecular weight excluding hydrogens is 346 g/mol. The molecule has 3 heterocycles. The van der Waals surface area contributed by atoms with Crippen molar-refractivity contribution in [1.29, 1.82) is 0 Å². The Bertz CT molecular complexity index is 898. The largest absolute Gasteiger partial charge is 0.352 e. The molecule has 0 radical (unpaired) electrons. The monoisotopic (exact) mass is 369 g/mol. The van der Waals surface area contributed by atoms with E-state index in [4.69, 9.17) is 4.98 Å². The van der Waals surface area contributed by atoms with Crippen LogP contribution in [0, 0.1) is 6.92 Å². The van der Waals surface area contributed by atoms with Gasteiger partial charge in [-0.25, -0.2) is 4.98 Å². The van der Waals surface area contributed by atoms with Gasteiger partial charge in [0.15, 0.2) is 0 Å². The Balaban J connectivity index is 2.02. The fourth-order valence-electron chi connectivity index (χ4n) is 2.97. The van der Waals surface area contributed by atoms with Gasteiger partial charge in [0.05, 0.1) is 23.1 Å². The van der Waals surface area contributed by atoms with E-state index in [1.54, 1.807) is 18.6 Å². The van der Waals surface area contributed by atoms with E-state index in [0.717, 1.165) is 34.2 Å². The minimum absolute atomic E-state index is 0.0330. The number of hydrogen-bond acceptors (Lipinski definition) is 5. The minimum Gasteiger partial charge on any atom is -0.352 e. The smallest absolute Gasteiger partial charge is 0.253 e. The van der Waals surface area contributed by atoms with Crippen LogP contribution in [0.25, 0.3) is 22.1 Å². The zero-order valence-corrected chi connectivity index (χ0v) is 16.3. The number of carbonyl (C=O) groups is 1. The molecule has 7 heteroatoms. The molecular formula is C19H23N5OS. The molecule has 0 saturated carbocycles. The molecule has 0 aliphatic rings. The van der Waals surface area contributed by atoms with Crippen molar-refractivity contribution >= 4 is 17.2 Å². The maximum Gasteiger partial charge on any atom is 0.253 e. The first-order valence-corrected chi connectivity index (χ1v) is 9.63. The highest BCUT2D eigenvalue weighted by molar-refractivity contribution is 7.13. The summed E-state index contributed by atoms with van der Waals surface area (Å²) in [6, 6.07) is 2.16. The van der Waals surface area contributed by atoms with Crippen LogP contribution in [0.4, 0.5) is 0 Å². The molecule has 3 aromatic rings. The molecule has 136 valence electrons. The number of amides is 1. The molecule has 6 nitrogen and oxygen atoms in total. The van der Waals surface area contributed by atoms with Crippen LogP contribution in [-0.2, 0) is 0 Å². The van der Waals surface area contributed by atoms with Gasteiger partial charge in [0.25, 0.3) is 5.91 Å². The van der Waals surface area contributed by atoms with Crippen LogP contribution in [0.15, 0.2) is 30.0 Å². The molecule has 0 atom stereocenters. The average Bonchev–Trinajstić information content (AvgIpc) is 3.25. The van der Waals surface area contributed by atoms with Crippen LogP contribution in [-0.4, -0.2) is 32.0 Å². The lowest BCUT2D eigenvalue weighted by Gasteiger charge is -2.14. The van der Waals surface area contributed by atoms with Crippen molar-refractivity contribution in [2.75, 3.05) is 6.54 Å². The Kier molecular flexibility index (Phi) is 5.46. The van der Waals surface area contributed by atoms with E-state index in [1.807, 2.05) is 25.3 Å². The van der Waals surface area contributed by atoms with Gasteiger partial charge in [0.2, 0.25) is 0 Å². The SMILES string of the molecule is CCCNC(=O)c1cc(-c2csc(-c3cnccn3)n2)n(C(C)C)c1C. The van der Waals surface area contributed by atoms with E-state index in [9.17, 15) is 4.79 Å². The van der Waals surface area contributed by atoms with Gasteiger partial charge in [-0.2, -0.15) is 0 Å². The lowest BCUT2D eigenvalue weighted by Crippen LogP contribution is -2.24. The second-order valence-corrected chi connectivity index (χ2v) is 7.23. The number of nitrogens with zero attached hydrogens (tertiary/aromatic N) is 4. The second kappa shape index (κ2) is 7.78. The first-order chi connectivity index (χ1) is 12.5. The highest BCUT2D eigenvalue weighted by Gasteiger charge is 2.21. The van der Waals surface area contributed by atoms with Crippen LogP contribution in [0.1, 0.15) is 49.3 Å². The lowest BCUT2D eigenvalue weighted by atomic mass is 10.2. The molecule has 0 aromatic carbocycles. The molecule has 0 unspecified atom stereocenters. The zero-order chi connectivity index (χ0) is 18.7. The third-order valence-corrected chi connectivity index (χ3v) is 5.00. The minimum atomic E-state index is -0.0330. The maximum absolute atomic E-state index is 12.5. The van der Waals surface area contributed by atoms with Crippen molar-refractivity contribution in [2.24, 2.45) is 0 Å². The summed E-state index contributed by atoms with van der Waals surface area (Å²) in [5, 5.41) is 5.79. The number of rotatable bonds is 6. The van der Waals surface area contributed by atoms with E-state index < -0.39 is 0 Å². The summed E-state index contributed by atoms with van der Waals surface area (Å²) in [4.78, 5) is 25.7. The summed E-state index contributed by atoms with van der Waals surface area (Å²) >= 11 is 1.53. The molecule has 1 N–H and O–H groups in total. The first kappa shape index (κ1) is 18.3. The van der Waals surface area contributed by atoms with Gasteiger partial charge in [-0.15, -0.1) is 11.3 Å². The standard InChI is InChI=1S/C19H23N5OS/c1-5-6-22-18(25)14-9-17(24(12(2)3)13(14)4)16-11-26-19(23-16)15-10-20-7-8-21-15/h7-12H,5-6H2,1-4H3,(H,22,25). The number of carbonyl (C=O) groups excluding carboxylic acids is 1. The number of aromatic nitrogens is 4. The van der Waals surface area contributed by atoms with Gasteiger partial charge in [0.1, 0.15) is 10.7 Å². The molecule has 0 aliphatic heterocycles. The zero-order valence-electron chi connectivity index (χ0n) is 15.5. The Hall–Kier alpha value is -2.54. The van der Waals surface area contributed by atoms with Gasteiger partial charge in [-0.05, 0) is 33.3 Å². The van der Waals surface area contributed by atoms with Crippen molar-refractivity contribution in [3.63, 3.8) is 0 Å². The normalized spacial score (nSPS) is 11.1. The van der Waals surface area contributed by atoms with Crippen molar-refractivity contribution < 1.29 is 4.79 Å². The van der Waals surface area contributed by atoms with Gasteiger partial charge in [-0.3, -0.25) is 14.8 Å². The highest BCUT2D eigenvalue weighted by atomic mass is 32.1. The number of thiazole rings is 1. The molecule has 26 heavy (non-hydrogen) atoms. The summed E-state index contributed by atoms with van der Waals surface area (Å²) in [7, 11) is 0. The second-order valence-electron chi connectivity index (χ2n) is 6.38. The first-order valence-electron chi connectivity index (χ1n) is 8.75. The summed E-state index contributed by atoms with van der Waals surface area (Å²) in [6.45, 7) is 8.93. The van der Waals surface area contributed by atoms with Crippen molar-refractivity contribution in [3.05, 3.63) is 41.3 Å². The predicted octanol–water partition coefficient (Wildman–Crippen LogP) is 4.10. The summed E-state index contributed by atoms with van der Waals surface area (Å²) in [6.07, 6.45) is 5.93. The van der Waals surface area contributed by atoms with E-state index >= 15 is 0 Å². The van der Waals surface area contributed by atoms with Crippen molar-refractivity contribution in [1.82, 2.24) is 24.8 Å². The molecule has 0 saturated heterocycles. The van der Waals surface area contributed by atoms with E-state index in [1.165, 1.54) is 11.3 Å². The number of hydrogen-bond donors (Lipinski definition) is 1. The molecule has 3 aromatic heterocycles. The molecule has 0 aliphatic carbocycles. The summed E-state index contributed by atoms with van der Waals surface area (Å²) < 4.78 is 2.16. The molecule has 3 rings (SSSR count). The van der Waals surface area contributed by atoms with E-state index in [2.05, 4.69) is 33.7 Å². The fraction of sp³-hybridized carbons (Fsp3) is 0.368. The van der Waals surface area contributed by atoms with Crippen molar-refractivity contribution in [2.45, 2.75) is 40.2 Å². The summed E-state index contributed by atoms with van der Waals surface area (Å²) in [5.74, 6) is -0.0330. The maximum atomic E-state index is 12.5. The van der Waals surface area contributed by atoms with Crippen LogP contribution in [0.3, 0.4) is 0 Å². The highest BCUT2D eigenvalue weighted by Crippen LogP contribution is 2.32. The van der Waals surface area contributed by atoms with E-state index in [0.29, 0.717) is 12.1 Å². The Morgan fingerprint density at radius 3 is 2.77 bits per heavy atom. The van der Waals surface area contributed by atoms with Crippen LogP contribution < -0.4 is 5.32 Å². The Labute approximate surface area is 157 Å². The Morgan fingerprint density at radius 1 is 1.31 bits per heavy atom. The molecule has 0 bridgehead atoms. The quantitative estimate of drug-likeness (QED) is 0.710. The van der Waals surface area contributed by atoms with Gasteiger partial charge in [-0.1, -0.05) is 6.92 Å².